The van der Waals surface area contributed by atoms with Gasteiger partial charge < -0.3 is 16.4 Å². The molecule has 1 rings (SSSR count). The van der Waals surface area contributed by atoms with Gasteiger partial charge in [0.1, 0.15) is 5.82 Å². The van der Waals surface area contributed by atoms with Crippen molar-refractivity contribution in [2.45, 2.75) is 39.5 Å². The van der Waals surface area contributed by atoms with E-state index in [-0.39, 0.29) is 5.82 Å². The molecule has 1 unspecified atom stereocenters. The molecule has 0 spiro atoms. The molecule has 5 nitrogen and oxygen atoms in total. The first-order valence-electron chi connectivity index (χ1n) is 8.62. The van der Waals surface area contributed by atoms with E-state index in [1.807, 2.05) is 6.92 Å². The van der Waals surface area contributed by atoms with Crippen molar-refractivity contribution in [3.63, 3.8) is 0 Å². The molecule has 0 aliphatic heterocycles. The third-order valence-corrected chi connectivity index (χ3v) is 3.68. The van der Waals surface area contributed by atoms with Crippen LogP contribution in [0.2, 0.25) is 0 Å². The summed E-state index contributed by atoms with van der Waals surface area (Å²) < 4.78 is 13.0. The Kier molecular flexibility index (Phi) is 9.49. The summed E-state index contributed by atoms with van der Waals surface area (Å²) in [5.41, 5.74) is 6.36. The fraction of sp³-hybridized carbons (Fsp3) is 0.556. The van der Waals surface area contributed by atoms with Crippen LogP contribution in [0, 0.1) is 11.7 Å². The lowest BCUT2D eigenvalue weighted by Crippen LogP contribution is -2.39. The fourth-order valence-electron chi connectivity index (χ4n) is 2.29. The minimum absolute atomic E-state index is 0.293. The normalized spacial score (nSPS) is 12.7. The molecule has 0 aliphatic carbocycles. The number of amides is 1. The number of unbranched alkanes of at least 4 members (excludes halogenated alkanes) is 2. The fourth-order valence-corrected chi connectivity index (χ4v) is 2.29. The smallest absolute Gasteiger partial charge is 0.222 e. The number of benzene rings is 1. The molecule has 1 aromatic rings. The maximum atomic E-state index is 13.0. The van der Waals surface area contributed by atoms with Gasteiger partial charge in [0.2, 0.25) is 5.91 Å². The average Bonchev–Trinajstić information content (AvgIpc) is 2.56. The van der Waals surface area contributed by atoms with Crippen LogP contribution in [-0.4, -0.2) is 31.5 Å². The second-order valence-electron chi connectivity index (χ2n) is 5.78. The van der Waals surface area contributed by atoms with Crippen molar-refractivity contribution in [3.8, 4) is 0 Å². The van der Waals surface area contributed by atoms with Crippen LogP contribution in [-0.2, 0) is 11.2 Å². The van der Waals surface area contributed by atoms with Crippen LogP contribution in [0.1, 0.15) is 38.7 Å². The van der Waals surface area contributed by atoms with Gasteiger partial charge >= 0.3 is 0 Å². The molecule has 1 amide bonds. The first-order chi connectivity index (χ1) is 11.6. The van der Waals surface area contributed by atoms with Crippen molar-refractivity contribution >= 4 is 11.9 Å². The molecular formula is C18H29FN4O. The first-order valence-corrected chi connectivity index (χ1v) is 8.62. The minimum Gasteiger partial charge on any atom is -0.369 e. The number of aliphatic imine (C=N–C) groups is 1. The highest BCUT2D eigenvalue weighted by molar-refractivity contribution is 5.81. The number of nitrogens with zero attached hydrogens (tertiary/aromatic N) is 1. The first kappa shape index (κ1) is 19.9. The van der Waals surface area contributed by atoms with Crippen molar-refractivity contribution in [2.24, 2.45) is 16.6 Å². The van der Waals surface area contributed by atoms with Gasteiger partial charge in [-0.2, -0.15) is 0 Å². The van der Waals surface area contributed by atoms with Crippen LogP contribution in [0.25, 0.3) is 0 Å². The second kappa shape index (κ2) is 11.4. The van der Waals surface area contributed by atoms with E-state index in [1.54, 1.807) is 12.1 Å². The molecule has 0 aromatic heterocycles. The van der Waals surface area contributed by atoms with Gasteiger partial charge in [-0.3, -0.25) is 9.79 Å². The maximum Gasteiger partial charge on any atom is 0.222 e. The molecule has 0 heterocycles. The molecule has 6 heteroatoms. The van der Waals surface area contributed by atoms with Gasteiger partial charge in [0, 0.05) is 13.1 Å². The summed E-state index contributed by atoms with van der Waals surface area (Å²) in [6, 6.07) is 6.11. The van der Waals surface area contributed by atoms with E-state index in [4.69, 9.17) is 5.73 Å². The van der Waals surface area contributed by atoms with E-state index in [1.165, 1.54) is 18.6 Å². The zero-order valence-electron chi connectivity index (χ0n) is 14.6. The van der Waals surface area contributed by atoms with Crippen LogP contribution < -0.4 is 16.4 Å². The number of nitrogens with two attached hydrogens (primary N) is 1. The van der Waals surface area contributed by atoms with Crippen molar-refractivity contribution in [1.29, 1.82) is 0 Å². The largest absolute Gasteiger partial charge is 0.369 e. The Morgan fingerprint density at radius 1 is 1.21 bits per heavy atom. The lowest BCUT2D eigenvalue weighted by Gasteiger charge is -2.14. The molecule has 1 atom stereocenters. The highest BCUT2D eigenvalue weighted by Gasteiger charge is 2.16. The predicted molar refractivity (Wildman–Crippen MR) is 96.3 cm³/mol. The van der Waals surface area contributed by atoms with Gasteiger partial charge in [-0.1, -0.05) is 31.9 Å². The Morgan fingerprint density at radius 3 is 2.50 bits per heavy atom. The average molecular weight is 336 g/mol. The lowest BCUT2D eigenvalue weighted by molar-refractivity contribution is -0.121. The van der Waals surface area contributed by atoms with Crippen molar-refractivity contribution < 1.29 is 9.18 Å². The van der Waals surface area contributed by atoms with E-state index in [0.29, 0.717) is 18.9 Å². The topological polar surface area (TPSA) is 79.5 Å². The third-order valence-electron chi connectivity index (χ3n) is 3.68. The molecule has 134 valence electrons. The Labute approximate surface area is 143 Å². The summed E-state index contributed by atoms with van der Waals surface area (Å²) >= 11 is 0. The number of halogens is 1. The van der Waals surface area contributed by atoms with Crippen LogP contribution in [0.5, 0.6) is 0 Å². The van der Waals surface area contributed by atoms with Gasteiger partial charge in [0.25, 0.3) is 0 Å². The van der Waals surface area contributed by atoms with Gasteiger partial charge in [-0.25, -0.2) is 4.39 Å². The Morgan fingerprint density at radius 2 is 1.92 bits per heavy atom. The summed E-state index contributed by atoms with van der Waals surface area (Å²) in [4.78, 5) is 16.1. The summed E-state index contributed by atoms with van der Waals surface area (Å²) in [7, 11) is 0. The maximum absolute atomic E-state index is 13.0. The summed E-state index contributed by atoms with van der Waals surface area (Å²) in [6.45, 7) is 6.05. The highest BCUT2D eigenvalue weighted by atomic mass is 19.1. The van der Waals surface area contributed by atoms with Gasteiger partial charge in [-0.05, 0) is 37.5 Å². The molecule has 4 N–H and O–H groups in total. The molecule has 0 fully saturated rings. The molecule has 0 radical (unpaired) electrons. The van der Waals surface area contributed by atoms with Crippen LogP contribution in [0.15, 0.2) is 29.3 Å². The van der Waals surface area contributed by atoms with Crippen LogP contribution in [0.3, 0.4) is 0 Å². The Hall–Kier alpha value is -2.11. The van der Waals surface area contributed by atoms with Crippen LogP contribution in [0.4, 0.5) is 4.39 Å². The van der Waals surface area contributed by atoms with Crippen molar-refractivity contribution in [3.05, 3.63) is 35.6 Å². The van der Waals surface area contributed by atoms with Gasteiger partial charge in [0.05, 0.1) is 12.5 Å². The number of rotatable bonds is 10. The number of hydrogen-bond donors (Lipinski definition) is 3. The van der Waals surface area contributed by atoms with Gasteiger partial charge in [-0.15, -0.1) is 0 Å². The van der Waals surface area contributed by atoms with Crippen molar-refractivity contribution in [2.75, 3.05) is 19.6 Å². The number of carbonyl (C=O) groups is 1. The van der Waals surface area contributed by atoms with Crippen molar-refractivity contribution in [1.82, 2.24) is 10.6 Å². The lowest BCUT2D eigenvalue weighted by atomic mass is 9.99. The Bertz CT molecular complexity index is 516. The monoisotopic (exact) mass is 336 g/mol. The van der Waals surface area contributed by atoms with E-state index in [0.717, 1.165) is 31.5 Å². The number of nitrogens with one attached hydrogen (secondary N) is 2. The third kappa shape index (κ3) is 7.94. The van der Waals surface area contributed by atoms with E-state index in [9.17, 15) is 9.18 Å². The molecular weight excluding hydrogens is 307 g/mol. The molecule has 0 saturated heterocycles. The Balaban J connectivity index is 2.62. The zero-order valence-corrected chi connectivity index (χ0v) is 14.6. The number of primary amides is 1. The number of guanidine groups is 1. The highest BCUT2D eigenvalue weighted by Crippen LogP contribution is 2.10. The molecule has 1 aromatic carbocycles. The van der Waals surface area contributed by atoms with E-state index in [2.05, 4.69) is 22.5 Å². The standard InChI is InChI=1S/C18H29FN4O/c1-3-5-6-11-22-18(21-4-2)23-13-15(17(20)24)12-14-7-9-16(19)10-8-14/h7-10,15H,3-6,11-13H2,1-2H3,(H2,20,24)(H2,21,22,23). The molecule has 0 aliphatic rings. The molecule has 0 bridgehead atoms. The summed E-state index contributed by atoms with van der Waals surface area (Å²) in [6.07, 6.45) is 3.86. The van der Waals surface area contributed by atoms with E-state index >= 15 is 0 Å². The molecule has 24 heavy (non-hydrogen) atoms. The zero-order chi connectivity index (χ0) is 17.8. The van der Waals surface area contributed by atoms with E-state index < -0.39 is 11.8 Å². The minimum atomic E-state index is -0.415. The van der Waals surface area contributed by atoms with Crippen LogP contribution >= 0.6 is 0 Å². The van der Waals surface area contributed by atoms with Gasteiger partial charge in [0.15, 0.2) is 5.96 Å². The molecule has 0 saturated carbocycles. The SMILES string of the molecule is CCCCCNC(=NCC(Cc1ccc(F)cc1)C(N)=O)NCC. The predicted octanol–water partition coefficient (Wildman–Crippen LogP) is 2.21. The second-order valence-corrected chi connectivity index (χ2v) is 5.78. The summed E-state index contributed by atoms with van der Waals surface area (Å²) in [5, 5.41) is 6.42. The quantitative estimate of drug-likeness (QED) is 0.348. The number of carbonyl (C=O) groups excluding carboxylic acids is 1. The number of hydrogen-bond acceptors (Lipinski definition) is 2. The summed E-state index contributed by atoms with van der Waals surface area (Å²) in [5.74, 6) is -0.413.